The van der Waals surface area contributed by atoms with E-state index in [1.807, 2.05) is 18.0 Å². The summed E-state index contributed by atoms with van der Waals surface area (Å²) in [6.45, 7) is 8.28. The summed E-state index contributed by atoms with van der Waals surface area (Å²) in [5.41, 5.74) is 1.86. The van der Waals surface area contributed by atoms with Gasteiger partial charge in [0.2, 0.25) is 5.91 Å². The molecule has 0 bridgehead atoms. The van der Waals surface area contributed by atoms with E-state index in [1.54, 1.807) is 11.3 Å². The maximum absolute atomic E-state index is 12.3. The number of thiazole rings is 1. The molecule has 1 aromatic rings. The van der Waals surface area contributed by atoms with Crippen molar-refractivity contribution in [1.29, 1.82) is 0 Å². The van der Waals surface area contributed by atoms with E-state index in [9.17, 15) is 4.79 Å². The number of nitrogens with zero attached hydrogens (tertiary/aromatic N) is 2. The fourth-order valence-corrected chi connectivity index (χ4v) is 8.92. The number of nitrogens with one attached hydrogen (secondary N) is 1. The molecular formula is C26H39N3OS. The van der Waals surface area contributed by atoms with Gasteiger partial charge in [0.15, 0.2) is 5.13 Å². The number of likely N-dealkylation sites (N-methyl/N-ethyl adjacent to an activating group) is 1. The summed E-state index contributed by atoms with van der Waals surface area (Å²) in [5.74, 6) is 3.08. The van der Waals surface area contributed by atoms with E-state index in [0.717, 1.165) is 29.9 Å². The number of amides is 1. The number of hydrogen-bond donors (Lipinski definition) is 1. The van der Waals surface area contributed by atoms with Crippen LogP contribution in [0.4, 0.5) is 5.13 Å². The molecule has 1 N–H and O–H groups in total. The van der Waals surface area contributed by atoms with Gasteiger partial charge in [-0.15, -0.1) is 11.3 Å². The number of aromatic nitrogens is 1. The summed E-state index contributed by atoms with van der Waals surface area (Å²) < 4.78 is 0. The fourth-order valence-electron chi connectivity index (χ4n) is 8.12. The van der Waals surface area contributed by atoms with Crippen LogP contribution in [0.2, 0.25) is 0 Å². The maximum Gasteiger partial charge on any atom is 0.246 e. The second kappa shape index (κ2) is 7.90. The highest BCUT2D eigenvalue weighted by Crippen LogP contribution is 2.67. The summed E-state index contributed by atoms with van der Waals surface area (Å²) in [6.07, 6.45) is 14.2. The standard InChI is InChI=1S/C26H39N3OS/c1-5-6-15-27-24-28-21(16-31-24)20-9-8-18-17-7-10-22-26(3,14-12-23(30)29(22)4)19(17)11-13-25(18,20)2/h12,14,16-20,22H,5-11,13,15H2,1-4H3,(H,27,28)/t17-,18-,19-,20+,22+,25-,26+/m0/s1. The molecule has 5 rings (SSSR count). The van der Waals surface area contributed by atoms with Gasteiger partial charge >= 0.3 is 0 Å². The molecule has 4 nitrogen and oxygen atoms in total. The average molecular weight is 442 g/mol. The van der Waals surface area contributed by atoms with Crippen molar-refractivity contribution in [2.24, 2.45) is 28.6 Å². The van der Waals surface area contributed by atoms with Gasteiger partial charge in [-0.3, -0.25) is 4.79 Å². The number of unbranched alkanes of at least 4 members (excludes halogenated alkanes) is 1. The normalized spacial score (nSPS) is 41.6. The number of anilines is 1. The molecule has 4 aliphatic rings. The minimum Gasteiger partial charge on any atom is -0.362 e. The highest BCUT2D eigenvalue weighted by Gasteiger charge is 2.60. The van der Waals surface area contributed by atoms with Gasteiger partial charge in [-0.05, 0) is 74.2 Å². The van der Waals surface area contributed by atoms with Crippen LogP contribution >= 0.6 is 11.3 Å². The van der Waals surface area contributed by atoms with Crippen molar-refractivity contribution in [2.75, 3.05) is 18.9 Å². The molecule has 31 heavy (non-hydrogen) atoms. The van der Waals surface area contributed by atoms with Crippen molar-refractivity contribution in [2.45, 2.75) is 84.1 Å². The first-order chi connectivity index (χ1) is 14.9. The minimum absolute atomic E-state index is 0.141. The second-order valence-corrected chi connectivity index (χ2v) is 12.0. The molecule has 0 saturated heterocycles. The summed E-state index contributed by atoms with van der Waals surface area (Å²) in [6, 6.07) is 0.378. The first kappa shape index (κ1) is 21.5. The van der Waals surface area contributed by atoms with Crippen LogP contribution in [0, 0.1) is 28.6 Å². The molecule has 0 radical (unpaired) electrons. The molecule has 7 atom stereocenters. The van der Waals surface area contributed by atoms with Crippen molar-refractivity contribution < 1.29 is 4.79 Å². The smallest absolute Gasteiger partial charge is 0.246 e. The monoisotopic (exact) mass is 441 g/mol. The summed E-state index contributed by atoms with van der Waals surface area (Å²) >= 11 is 1.79. The van der Waals surface area contributed by atoms with Crippen molar-refractivity contribution in [1.82, 2.24) is 9.88 Å². The summed E-state index contributed by atoms with van der Waals surface area (Å²) in [4.78, 5) is 19.4. The third-order valence-electron chi connectivity index (χ3n) is 9.81. The van der Waals surface area contributed by atoms with E-state index in [4.69, 9.17) is 4.98 Å². The van der Waals surface area contributed by atoms with E-state index in [1.165, 1.54) is 50.6 Å². The highest BCUT2D eigenvalue weighted by atomic mass is 32.1. The fraction of sp³-hybridized carbons (Fsp3) is 0.769. The van der Waals surface area contributed by atoms with E-state index in [2.05, 4.69) is 37.5 Å². The van der Waals surface area contributed by atoms with Crippen LogP contribution in [0.25, 0.3) is 0 Å². The quantitative estimate of drug-likeness (QED) is 0.563. The number of rotatable bonds is 5. The number of carbonyl (C=O) groups excluding carboxylic acids is 1. The SMILES string of the molecule is CCCCNc1nc([C@H]2CC[C@H]3[C@@H]4CC[C@H]5N(C)C(=O)C=C[C@]5(C)[C@H]4CC[C@]23C)cs1. The molecule has 0 unspecified atom stereocenters. The number of hydrogen-bond acceptors (Lipinski definition) is 4. The zero-order valence-electron chi connectivity index (χ0n) is 19.7. The maximum atomic E-state index is 12.3. The Kier molecular flexibility index (Phi) is 5.47. The van der Waals surface area contributed by atoms with Crippen molar-refractivity contribution in [3.05, 3.63) is 23.2 Å². The Morgan fingerprint density at radius 2 is 2.03 bits per heavy atom. The van der Waals surface area contributed by atoms with E-state index < -0.39 is 0 Å². The molecule has 3 fully saturated rings. The first-order valence-electron chi connectivity index (χ1n) is 12.5. The topological polar surface area (TPSA) is 45.2 Å². The molecule has 0 spiro atoms. The predicted octanol–water partition coefficient (Wildman–Crippen LogP) is 6.08. The van der Waals surface area contributed by atoms with Crippen molar-refractivity contribution in [3.63, 3.8) is 0 Å². The van der Waals surface area contributed by atoms with Crippen LogP contribution in [0.3, 0.4) is 0 Å². The Hall–Kier alpha value is -1.36. The van der Waals surface area contributed by atoms with E-state index >= 15 is 0 Å². The van der Waals surface area contributed by atoms with Gasteiger partial charge in [0, 0.05) is 36.3 Å². The van der Waals surface area contributed by atoms with Crippen LogP contribution in [-0.2, 0) is 4.79 Å². The Morgan fingerprint density at radius 1 is 1.19 bits per heavy atom. The lowest BCUT2D eigenvalue weighted by Crippen LogP contribution is -2.59. The molecular weight excluding hydrogens is 402 g/mol. The summed E-state index contributed by atoms with van der Waals surface area (Å²) in [5, 5.41) is 6.97. The van der Waals surface area contributed by atoms with Gasteiger partial charge in [-0.25, -0.2) is 4.98 Å². The lowest BCUT2D eigenvalue weighted by Gasteiger charge is -2.60. The average Bonchev–Trinajstić information content (AvgIpc) is 3.35. The Balaban J connectivity index is 1.36. The molecule has 3 aliphatic carbocycles. The molecule has 1 amide bonds. The molecule has 3 saturated carbocycles. The molecule has 0 aromatic carbocycles. The highest BCUT2D eigenvalue weighted by molar-refractivity contribution is 7.13. The Morgan fingerprint density at radius 3 is 2.84 bits per heavy atom. The molecule has 1 aromatic heterocycles. The van der Waals surface area contributed by atoms with Gasteiger partial charge in [-0.1, -0.05) is 33.3 Å². The van der Waals surface area contributed by atoms with Crippen LogP contribution < -0.4 is 5.32 Å². The first-order valence-corrected chi connectivity index (χ1v) is 13.4. The second-order valence-electron chi connectivity index (χ2n) is 11.2. The Bertz CT molecular complexity index is 865. The lowest BCUT2D eigenvalue weighted by atomic mass is 9.47. The molecule has 170 valence electrons. The lowest BCUT2D eigenvalue weighted by molar-refractivity contribution is -0.138. The number of fused-ring (bicyclic) bond motifs is 5. The van der Waals surface area contributed by atoms with Gasteiger partial charge in [0.1, 0.15) is 0 Å². The minimum atomic E-state index is 0.141. The molecule has 2 heterocycles. The van der Waals surface area contributed by atoms with Crippen molar-refractivity contribution >= 4 is 22.4 Å². The summed E-state index contributed by atoms with van der Waals surface area (Å²) in [7, 11) is 2.02. The predicted molar refractivity (Wildman–Crippen MR) is 128 cm³/mol. The van der Waals surface area contributed by atoms with Crippen LogP contribution in [-0.4, -0.2) is 35.4 Å². The largest absolute Gasteiger partial charge is 0.362 e. The third kappa shape index (κ3) is 3.29. The van der Waals surface area contributed by atoms with Crippen LogP contribution in [0.5, 0.6) is 0 Å². The van der Waals surface area contributed by atoms with E-state index in [0.29, 0.717) is 23.3 Å². The zero-order valence-corrected chi connectivity index (χ0v) is 20.5. The zero-order chi connectivity index (χ0) is 21.8. The van der Waals surface area contributed by atoms with Gasteiger partial charge in [0.25, 0.3) is 0 Å². The third-order valence-corrected chi connectivity index (χ3v) is 10.6. The Labute approximate surface area is 191 Å². The van der Waals surface area contributed by atoms with Gasteiger partial charge in [-0.2, -0.15) is 0 Å². The van der Waals surface area contributed by atoms with Crippen LogP contribution in [0.1, 0.15) is 83.7 Å². The van der Waals surface area contributed by atoms with E-state index in [-0.39, 0.29) is 11.3 Å². The molecule has 5 heteroatoms. The van der Waals surface area contributed by atoms with Crippen molar-refractivity contribution in [3.8, 4) is 0 Å². The van der Waals surface area contributed by atoms with Gasteiger partial charge < -0.3 is 10.2 Å². The van der Waals surface area contributed by atoms with Crippen LogP contribution in [0.15, 0.2) is 17.5 Å². The van der Waals surface area contributed by atoms with Gasteiger partial charge in [0.05, 0.1) is 5.69 Å². The number of carbonyl (C=O) groups is 1. The molecule has 1 aliphatic heterocycles.